The van der Waals surface area contributed by atoms with Gasteiger partial charge in [-0.05, 0) is 18.2 Å². The molecule has 0 aliphatic carbocycles. The normalized spacial score (nSPS) is 11.0. The third-order valence-corrected chi connectivity index (χ3v) is 11.7. The Kier molecular flexibility index (Phi) is 8.76. The summed E-state index contributed by atoms with van der Waals surface area (Å²) in [5.41, 5.74) is 5.44. The summed E-state index contributed by atoms with van der Waals surface area (Å²) in [6.45, 7) is 2.16. The molecule has 0 fully saturated rings. The second-order valence-electron chi connectivity index (χ2n) is 9.85. The first-order valence-corrected chi connectivity index (χ1v) is 20.2. The van der Waals surface area contributed by atoms with Crippen LogP contribution in [0.3, 0.4) is 0 Å². The van der Waals surface area contributed by atoms with Crippen molar-refractivity contribution in [1.82, 2.24) is 9.97 Å². The summed E-state index contributed by atoms with van der Waals surface area (Å²) in [6, 6.07) is 35.3. The molecule has 0 saturated carbocycles. The zero-order chi connectivity index (χ0) is 25.1. The van der Waals surface area contributed by atoms with Crippen LogP contribution in [0.25, 0.3) is 42.7 Å². The van der Waals surface area contributed by atoms with E-state index in [1.807, 2.05) is 72.3 Å². The molecule has 0 unspecified atom stereocenters. The smallest absolute Gasteiger partial charge is 0 e. The van der Waals surface area contributed by atoms with Crippen molar-refractivity contribution in [3.63, 3.8) is 0 Å². The number of hydrogen-bond acceptors (Lipinski definition) is 3. The van der Waals surface area contributed by atoms with Crippen LogP contribution in [0.15, 0.2) is 97.3 Å². The molecule has 0 aliphatic rings. The van der Waals surface area contributed by atoms with Crippen LogP contribution < -0.4 is 4.40 Å². The van der Waals surface area contributed by atoms with Gasteiger partial charge in [-0.1, -0.05) is 24.3 Å². The molecule has 0 amide bonds. The molecule has 187 valence electrons. The van der Waals surface area contributed by atoms with E-state index in [9.17, 15) is 0 Å². The van der Waals surface area contributed by atoms with Crippen molar-refractivity contribution < 1.29 is 20.1 Å². The standard InChI is InChI=1S/C18H12NS.C14H16GeN.Ir/c1-12-6-5-9-14-15-11-19-16(10-17(15)20-18(12)14)13-7-3-2-4-8-13;1-15(2,3)13-9-10-14(16-11-13)12-7-5-4-6-8-12;/h2-7,9-11H,1H3;4-7,9-11H,1-3H3;/q2*-1;. The van der Waals surface area contributed by atoms with Crippen molar-refractivity contribution in [2.75, 3.05) is 0 Å². The maximum atomic E-state index is 4.60. The fraction of sp³-hybridized carbons (Fsp3) is 0.125. The Balaban J connectivity index is 0.000000173. The minimum absolute atomic E-state index is 0. The molecule has 2 nitrogen and oxygen atoms in total. The minimum atomic E-state index is -1.72. The molecule has 5 heteroatoms. The number of pyridine rings is 2. The molecule has 6 rings (SSSR count). The van der Waals surface area contributed by atoms with E-state index in [1.54, 1.807) is 0 Å². The van der Waals surface area contributed by atoms with Gasteiger partial charge in [0.15, 0.2) is 0 Å². The molecular formula is C32H28GeIrN2S-2. The molecule has 0 saturated heterocycles. The zero-order valence-electron chi connectivity index (χ0n) is 21.4. The minimum Gasteiger partial charge on any atom is 0 e. The summed E-state index contributed by atoms with van der Waals surface area (Å²) >= 11 is 0.127. The van der Waals surface area contributed by atoms with Gasteiger partial charge in [-0.3, -0.25) is 0 Å². The summed E-state index contributed by atoms with van der Waals surface area (Å²) in [5.74, 6) is 7.14. The Bertz CT molecular complexity index is 1610. The monoisotopic (exact) mass is 739 g/mol. The van der Waals surface area contributed by atoms with Gasteiger partial charge in [0.2, 0.25) is 0 Å². The SMILES string of the molecule is Cc1cccc2c1sc1cc(-c3[c-]cccc3)ncc12.[CH3][Ge]([CH3])([CH3])[c]1ccc(-c2[c-]cccc2)nc1.[Ir]. The maximum Gasteiger partial charge on any atom is 0 e. The summed E-state index contributed by atoms with van der Waals surface area (Å²) in [4.78, 5) is 9.14. The van der Waals surface area contributed by atoms with Gasteiger partial charge in [0.25, 0.3) is 0 Å². The van der Waals surface area contributed by atoms with Gasteiger partial charge in [-0.15, -0.1) is 47.2 Å². The second-order valence-corrected chi connectivity index (χ2v) is 21.6. The predicted molar refractivity (Wildman–Crippen MR) is 158 cm³/mol. The molecule has 0 bridgehead atoms. The molecule has 1 radical (unpaired) electrons. The summed E-state index contributed by atoms with van der Waals surface area (Å²) in [5, 5.41) is 2.55. The number of fused-ring (bicyclic) bond motifs is 3. The third-order valence-electron chi connectivity index (χ3n) is 6.18. The molecule has 0 atom stereocenters. The largest absolute Gasteiger partial charge is 0 e. The molecule has 3 aromatic heterocycles. The van der Waals surface area contributed by atoms with Crippen molar-refractivity contribution in [3.05, 3.63) is 115 Å². The summed E-state index contributed by atoms with van der Waals surface area (Å²) < 4.78 is 4.09. The van der Waals surface area contributed by atoms with Crippen molar-refractivity contribution in [2.45, 2.75) is 24.2 Å². The van der Waals surface area contributed by atoms with E-state index in [4.69, 9.17) is 0 Å². The second kappa shape index (κ2) is 11.8. The van der Waals surface area contributed by atoms with Gasteiger partial charge in [0.05, 0.1) is 0 Å². The van der Waals surface area contributed by atoms with Crippen molar-refractivity contribution in [1.29, 1.82) is 0 Å². The van der Waals surface area contributed by atoms with Crippen LogP contribution in [-0.4, -0.2) is 23.2 Å². The number of aryl methyl sites for hydroxylation is 1. The van der Waals surface area contributed by atoms with E-state index >= 15 is 0 Å². The van der Waals surface area contributed by atoms with E-state index in [2.05, 4.69) is 82.7 Å². The molecule has 37 heavy (non-hydrogen) atoms. The molecular weight excluding hydrogens is 709 g/mol. The quantitative estimate of drug-likeness (QED) is 0.135. The van der Waals surface area contributed by atoms with Gasteiger partial charge in [0.1, 0.15) is 0 Å². The average molecular weight is 737 g/mol. The van der Waals surface area contributed by atoms with Crippen molar-refractivity contribution >= 4 is 49.2 Å². The van der Waals surface area contributed by atoms with Crippen LogP contribution in [0.2, 0.25) is 17.3 Å². The Labute approximate surface area is 239 Å². The number of nitrogens with zero attached hydrogens (tertiary/aromatic N) is 2. The Morgan fingerprint density at radius 3 is 1.97 bits per heavy atom. The average Bonchev–Trinajstić information content (AvgIpc) is 3.29. The first-order chi connectivity index (χ1) is 17.4. The molecule has 3 heterocycles. The van der Waals surface area contributed by atoms with Crippen LogP contribution in [-0.2, 0) is 20.1 Å². The summed E-state index contributed by atoms with van der Waals surface area (Å²) in [7, 11) is 0. The van der Waals surface area contributed by atoms with Crippen LogP contribution in [0.4, 0.5) is 0 Å². The first-order valence-electron chi connectivity index (χ1n) is 12.1. The fourth-order valence-corrected chi connectivity index (χ4v) is 7.44. The Morgan fingerprint density at radius 1 is 0.703 bits per heavy atom. The zero-order valence-corrected chi connectivity index (χ0v) is 26.7. The van der Waals surface area contributed by atoms with Gasteiger partial charge in [-0.2, -0.15) is 0 Å². The van der Waals surface area contributed by atoms with Crippen LogP contribution in [0.5, 0.6) is 0 Å². The van der Waals surface area contributed by atoms with Gasteiger partial charge in [-0.25, -0.2) is 0 Å². The van der Waals surface area contributed by atoms with Crippen LogP contribution in [0.1, 0.15) is 5.56 Å². The molecule has 0 N–H and O–H groups in total. The van der Waals surface area contributed by atoms with Crippen molar-refractivity contribution in [3.8, 4) is 22.5 Å². The summed E-state index contributed by atoms with van der Waals surface area (Å²) in [6.07, 6.45) is 4.03. The predicted octanol–water partition coefficient (Wildman–Crippen LogP) is 8.32. The number of aromatic nitrogens is 2. The number of benzene rings is 3. The molecule has 3 aromatic carbocycles. The Morgan fingerprint density at radius 2 is 1.38 bits per heavy atom. The topological polar surface area (TPSA) is 25.8 Å². The van der Waals surface area contributed by atoms with E-state index in [0.29, 0.717) is 0 Å². The molecule has 0 aliphatic heterocycles. The third kappa shape index (κ3) is 6.27. The van der Waals surface area contributed by atoms with E-state index in [-0.39, 0.29) is 20.1 Å². The first kappa shape index (κ1) is 27.4. The molecule has 0 spiro atoms. The van der Waals surface area contributed by atoms with Crippen LogP contribution >= 0.6 is 11.3 Å². The van der Waals surface area contributed by atoms with E-state index < -0.39 is 13.3 Å². The fourth-order valence-electron chi connectivity index (χ4n) is 4.08. The van der Waals surface area contributed by atoms with Crippen molar-refractivity contribution in [2.24, 2.45) is 0 Å². The number of hydrogen-bond donors (Lipinski definition) is 0. The van der Waals surface area contributed by atoms with Gasteiger partial charge in [0, 0.05) is 46.5 Å². The maximum absolute atomic E-state index is 4.60. The van der Waals surface area contributed by atoms with Gasteiger partial charge < -0.3 is 4.98 Å². The Hall–Kier alpha value is -2.63. The number of rotatable bonds is 3. The van der Waals surface area contributed by atoms with E-state index in [1.165, 1.54) is 30.1 Å². The number of thiophene rings is 1. The molecule has 6 aromatic rings. The van der Waals surface area contributed by atoms with Crippen LogP contribution in [0, 0.1) is 19.1 Å². The van der Waals surface area contributed by atoms with E-state index in [0.717, 1.165) is 22.5 Å². The van der Waals surface area contributed by atoms with Gasteiger partial charge >= 0.3 is 99.8 Å².